The minimum atomic E-state index is 0.0654. The number of hydrogen-bond donors (Lipinski definition) is 0. The third kappa shape index (κ3) is 4.81. The zero-order chi connectivity index (χ0) is 20.8. The van der Waals surface area contributed by atoms with Gasteiger partial charge in [0, 0.05) is 44.8 Å². The smallest absolute Gasteiger partial charge is 0.246 e. The average molecular weight is 406 g/mol. The minimum absolute atomic E-state index is 0.0654. The van der Waals surface area contributed by atoms with E-state index in [0.717, 1.165) is 43.3 Å². The highest BCUT2D eigenvalue weighted by molar-refractivity contribution is 5.91. The molecular formula is C24H31N5O. The van der Waals surface area contributed by atoms with Crippen LogP contribution in [0.1, 0.15) is 38.2 Å². The van der Waals surface area contributed by atoms with E-state index < -0.39 is 0 Å². The number of carbonyl (C=O) groups excluding carboxylic acids is 1. The molecule has 6 nitrogen and oxygen atoms in total. The summed E-state index contributed by atoms with van der Waals surface area (Å²) in [4.78, 5) is 19.0. The van der Waals surface area contributed by atoms with Crippen molar-refractivity contribution in [3.63, 3.8) is 0 Å². The van der Waals surface area contributed by atoms with Crippen molar-refractivity contribution in [3.8, 4) is 0 Å². The molecule has 30 heavy (non-hydrogen) atoms. The van der Waals surface area contributed by atoms with Crippen LogP contribution < -0.4 is 9.80 Å². The molecule has 4 rings (SSSR count). The van der Waals surface area contributed by atoms with Crippen molar-refractivity contribution in [2.45, 2.75) is 38.6 Å². The van der Waals surface area contributed by atoms with Gasteiger partial charge in [-0.2, -0.15) is 0 Å². The minimum Gasteiger partial charge on any atom is -0.352 e. The number of amides is 1. The molecule has 1 unspecified atom stereocenters. The Morgan fingerprint density at radius 2 is 1.70 bits per heavy atom. The summed E-state index contributed by atoms with van der Waals surface area (Å²) in [6.45, 7) is 6.28. The van der Waals surface area contributed by atoms with Gasteiger partial charge in [0.05, 0.1) is 0 Å². The van der Waals surface area contributed by atoms with Crippen molar-refractivity contribution >= 4 is 23.6 Å². The Balaban J connectivity index is 1.31. The van der Waals surface area contributed by atoms with Crippen LogP contribution in [0.2, 0.25) is 0 Å². The third-order valence-corrected chi connectivity index (χ3v) is 6.16. The largest absolute Gasteiger partial charge is 0.352 e. The van der Waals surface area contributed by atoms with E-state index in [9.17, 15) is 4.79 Å². The molecule has 1 aromatic carbocycles. The van der Waals surface area contributed by atoms with Crippen LogP contribution >= 0.6 is 0 Å². The van der Waals surface area contributed by atoms with Gasteiger partial charge < -0.3 is 14.7 Å². The molecule has 0 spiro atoms. The summed E-state index contributed by atoms with van der Waals surface area (Å²) in [5, 5.41) is 9.04. The number of piperidine rings is 1. The lowest BCUT2D eigenvalue weighted by Crippen LogP contribution is -2.48. The second-order valence-electron chi connectivity index (χ2n) is 8.06. The van der Waals surface area contributed by atoms with E-state index in [4.69, 9.17) is 0 Å². The normalized spacial score (nSPS) is 20.0. The fourth-order valence-electron chi connectivity index (χ4n) is 4.36. The first-order valence-electron chi connectivity index (χ1n) is 11.1. The first kappa shape index (κ1) is 20.4. The maximum absolute atomic E-state index is 12.5. The zero-order valence-corrected chi connectivity index (χ0v) is 17.8. The van der Waals surface area contributed by atoms with Gasteiger partial charge in [-0.1, -0.05) is 37.3 Å². The molecule has 2 fully saturated rings. The van der Waals surface area contributed by atoms with Gasteiger partial charge in [0.25, 0.3) is 0 Å². The Morgan fingerprint density at radius 1 is 0.967 bits per heavy atom. The van der Waals surface area contributed by atoms with Gasteiger partial charge in [0.2, 0.25) is 5.91 Å². The van der Waals surface area contributed by atoms with Crippen molar-refractivity contribution in [1.29, 1.82) is 0 Å². The zero-order valence-electron chi connectivity index (χ0n) is 17.8. The Morgan fingerprint density at radius 3 is 2.40 bits per heavy atom. The lowest BCUT2D eigenvalue weighted by molar-refractivity contribution is -0.126. The Labute approximate surface area is 179 Å². The fraction of sp³-hybridized carbons (Fsp3) is 0.458. The number of hydrogen-bond acceptors (Lipinski definition) is 5. The first-order valence-corrected chi connectivity index (χ1v) is 11.1. The summed E-state index contributed by atoms with van der Waals surface area (Å²) in [6, 6.07) is 14.7. The highest BCUT2D eigenvalue weighted by Gasteiger charge is 2.24. The molecule has 1 atom stereocenters. The number of aromatic nitrogens is 2. The lowest BCUT2D eigenvalue weighted by atomic mass is 10.0. The van der Waals surface area contributed by atoms with Crippen LogP contribution in [0.4, 0.5) is 11.6 Å². The molecule has 158 valence electrons. The number of nitrogens with zero attached hydrogens (tertiary/aromatic N) is 5. The van der Waals surface area contributed by atoms with Crippen LogP contribution in [0, 0.1) is 0 Å². The molecule has 3 heterocycles. The number of carbonyl (C=O) groups is 1. The summed E-state index contributed by atoms with van der Waals surface area (Å²) in [5.41, 5.74) is 1.04. The summed E-state index contributed by atoms with van der Waals surface area (Å²) in [5.74, 6) is 1.96. The second-order valence-corrected chi connectivity index (χ2v) is 8.06. The Kier molecular flexibility index (Phi) is 6.62. The molecule has 1 amide bonds. The van der Waals surface area contributed by atoms with E-state index >= 15 is 0 Å². The van der Waals surface area contributed by atoms with Gasteiger partial charge in [-0.3, -0.25) is 4.79 Å². The summed E-state index contributed by atoms with van der Waals surface area (Å²) >= 11 is 0. The molecule has 0 saturated carbocycles. The molecule has 6 heteroatoms. The highest BCUT2D eigenvalue weighted by Crippen LogP contribution is 2.25. The van der Waals surface area contributed by atoms with Crippen LogP contribution in [0.5, 0.6) is 0 Å². The van der Waals surface area contributed by atoms with Gasteiger partial charge in [0.1, 0.15) is 0 Å². The molecule has 0 aliphatic carbocycles. The SMILES string of the molecule is CCC1CCCCN1c1ccc(N2CCN(C(=O)/C=C/c3ccccc3)CC2)nn1. The average Bonchev–Trinajstić information content (AvgIpc) is 2.83. The van der Waals surface area contributed by atoms with E-state index in [2.05, 4.69) is 39.1 Å². The molecule has 0 N–H and O–H groups in total. The quantitative estimate of drug-likeness (QED) is 0.712. The van der Waals surface area contributed by atoms with E-state index in [1.807, 2.05) is 41.3 Å². The van der Waals surface area contributed by atoms with Crippen LogP contribution in [-0.2, 0) is 4.79 Å². The lowest BCUT2D eigenvalue weighted by Gasteiger charge is -2.37. The molecule has 1 aromatic heterocycles. The van der Waals surface area contributed by atoms with Gasteiger partial charge in [-0.15, -0.1) is 10.2 Å². The van der Waals surface area contributed by atoms with Crippen molar-refractivity contribution < 1.29 is 4.79 Å². The van der Waals surface area contributed by atoms with E-state index in [1.54, 1.807) is 6.08 Å². The maximum Gasteiger partial charge on any atom is 0.246 e. The molecule has 0 radical (unpaired) electrons. The monoisotopic (exact) mass is 405 g/mol. The number of anilines is 2. The molecule has 0 bridgehead atoms. The number of piperazine rings is 1. The third-order valence-electron chi connectivity index (χ3n) is 6.16. The van der Waals surface area contributed by atoms with Gasteiger partial charge in [0.15, 0.2) is 11.6 Å². The Hall–Kier alpha value is -2.89. The first-order chi connectivity index (χ1) is 14.7. The predicted octanol–water partition coefficient (Wildman–Crippen LogP) is 3.61. The fourth-order valence-corrected chi connectivity index (χ4v) is 4.36. The van der Waals surface area contributed by atoms with Crippen molar-refractivity contribution in [3.05, 3.63) is 54.1 Å². The molecule has 2 saturated heterocycles. The topological polar surface area (TPSA) is 52.6 Å². The van der Waals surface area contributed by atoms with Crippen molar-refractivity contribution in [2.24, 2.45) is 0 Å². The maximum atomic E-state index is 12.5. The molecular weight excluding hydrogens is 374 g/mol. The second kappa shape index (κ2) is 9.74. The molecule has 2 aliphatic rings. The molecule has 2 aliphatic heterocycles. The summed E-state index contributed by atoms with van der Waals surface area (Å²) in [7, 11) is 0. The standard InChI is InChI=1S/C24H31N5O/c1-2-21-10-6-7-15-29(21)23-13-12-22(25-26-23)27-16-18-28(19-17-27)24(30)14-11-20-8-4-3-5-9-20/h3-5,8-9,11-14,21H,2,6-7,10,15-19H2,1H3/b14-11+. The predicted molar refractivity (Wildman–Crippen MR) is 122 cm³/mol. The van der Waals surface area contributed by atoms with Gasteiger partial charge >= 0.3 is 0 Å². The van der Waals surface area contributed by atoms with Gasteiger partial charge in [-0.05, 0) is 49.5 Å². The van der Waals surface area contributed by atoms with E-state index in [-0.39, 0.29) is 5.91 Å². The van der Waals surface area contributed by atoms with Crippen LogP contribution in [0.3, 0.4) is 0 Å². The van der Waals surface area contributed by atoms with E-state index in [1.165, 1.54) is 19.3 Å². The van der Waals surface area contributed by atoms with Crippen LogP contribution in [0.25, 0.3) is 6.08 Å². The number of rotatable bonds is 5. The van der Waals surface area contributed by atoms with Crippen LogP contribution in [-0.4, -0.2) is 59.8 Å². The van der Waals surface area contributed by atoms with Crippen molar-refractivity contribution in [1.82, 2.24) is 15.1 Å². The van der Waals surface area contributed by atoms with Gasteiger partial charge in [-0.25, -0.2) is 0 Å². The number of benzene rings is 1. The van der Waals surface area contributed by atoms with Crippen LogP contribution in [0.15, 0.2) is 48.5 Å². The molecule has 2 aromatic rings. The van der Waals surface area contributed by atoms with E-state index in [0.29, 0.717) is 19.1 Å². The summed E-state index contributed by atoms with van der Waals surface area (Å²) in [6.07, 6.45) is 8.48. The Bertz CT molecular complexity index is 844. The highest BCUT2D eigenvalue weighted by atomic mass is 16.2. The summed E-state index contributed by atoms with van der Waals surface area (Å²) < 4.78 is 0. The van der Waals surface area contributed by atoms with Crippen molar-refractivity contribution in [2.75, 3.05) is 42.5 Å².